The summed E-state index contributed by atoms with van der Waals surface area (Å²) in [5.41, 5.74) is 0.943. The summed E-state index contributed by atoms with van der Waals surface area (Å²) < 4.78 is 6.92. The molecule has 2 N–H and O–H groups in total. The first-order valence-corrected chi connectivity index (χ1v) is 9.81. The summed E-state index contributed by atoms with van der Waals surface area (Å²) in [4.78, 5) is 28.3. The number of rotatable bonds is 9. The monoisotopic (exact) mass is 391 g/mol. The van der Waals surface area contributed by atoms with Crippen LogP contribution in [0, 0.1) is 10.7 Å². The fourth-order valence-electron chi connectivity index (χ4n) is 2.93. The molecular formula is C20H29N3O3S. The van der Waals surface area contributed by atoms with Crippen LogP contribution >= 0.6 is 12.2 Å². The molecule has 2 aromatic rings. The fraction of sp³-hybridized carbons (Fsp3) is 0.550. The van der Waals surface area contributed by atoms with Gasteiger partial charge in [-0.2, -0.15) is 0 Å². The molecule has 1 aromatic heterocycles. The largest absolute Gasteiger partial charge is 0.385 e. The predicted octanol–water partition coefficient (Wildman–Crippen LogP) is 3.65. The first-order valence-electron chi connectivity index (χ1n) is 9.40. The number of carbonyl (C=O) groups excluding carboxylic acids is 1. The van der Waals surface area contributed by atoms with Crippen molar-refractivity contribution < 1.29 is 9.53 Å². The molecule has 1 heterocycles. The molecule has 0 spiro atoms. The highest BCUT2D eigenvalue weighted by Crippen LogP contribution is 2.12. The summed E-state index contributed by atoms with van der Waals surface area (Å²) >= 11 is 5.32. The second-order valence-corrected chi connectivity index (χ2v) is 7.73. The van der Waals surface area contributed by atoms with Gasteiger partial charge in [0.1, 0.15) is 0 Å². The second-order valence-electron chi connectivity index (χ2n) is 7.34. The van der Waals surface area contributed by atoms with Crippen molar-refractivity contribution in [2.45, 2.75) is 52.6 Å². The molecule has 27 heavy (non-hydrogen) atoms. The van der Waals surface area contributed by atoms with Gasteiger partial charge in [-0.05, 0) is 62.5 Å². The van der Waals surface area contributed by atoms with Crippen molar-refractivity contribution in [3.63, 3.8) is 0 Å². The van der Waals surface area contributed by atoms with Crippen molar-refractivity contribution >= 4 is 29.0 Å². The molecule has 0 radical (unpaired) electrons. The number of nitrogens with zero attached hydrogens (tertiary/aromatic N) is 1. The molecule has 1 atom stereocenters. The van der Waals surface area contributed by atoms with Crippen molar-refractivity contribution in [2.75, 3.05) is 13.7 Å². The Morgan fingerprint density at radius 3 is 2.70 bits per heavy atom. The summed E-state index contributed by atoms with van der Waals surface area (Å²) in [6.07, 6.45) is 2.70. The zero-order valence-corrected chi connectivity index (χ0v) is 17.3. The van der Waals surface area contributed by atoms with Gasteiger partial charge in [0.15, 0.2) is 4.77 Å². The van der Waals surface area contributed by atoms with Crippen molar-refractivity contribution in [1.29, 1.82) is 0 Å². The number of methoxy groups -OCH3 is 1. The first kappa shape index (κ1) is 21.3. The minimum atomic E-state index is -0.151. The number of hydrogen-bond donors (Lipinski definition) is 2. The zero-order valence-electron chi connectivity index (χ0n) is 16.5. The van der Waals surface area contributed by atoms with Crippen LogP contribution < -0.4 is 10.9 Å². The molecule has 1 aromatic carbocycles. The summed E-state index contributed by atoms with van der Waals surface area (Å²) in [7, 11) is 1.63. The lowest BCUT2D eigenvalue weighted by Crippen LogP contribution is -2.32. The molecule has 0 fully saturated rings. The number of ether oxygens (including phenoxy) is 1. The number of carbonyl (C=O) groups is 1. The van der Waals surface area contributed by atoms with Crippen molar-refractivity contribution in [3.05, 3.63) is 38.9 Å². The van der Waals surface area contributed by atoms with Gasteiger partial charge < -0.3 is 15.0 Å². The molecular weight excluding hydrogens is 362 g/mol. The molecule has 148 valence electrons. The van der Waals surface area contributed by atoms with E-state index in [1.807, 2.05) is 6.92 Å². The summed E-state index contributed by atoms with van der Waals surface area (Å²) in [6.45, 7) is 7.40. The lowest BCUT2D eigenvalue weighted by molar-refractivity contribution is 0.0937. The van der Waals surface area contributed by atoms with Crippen LogP contribution in [0.2, 0.25) is 0 Å². The van der Waals surface area contributed by atoms with Crippen LogP contribution in [0.15, 0.2) is 23.0 Å². The van der Waals surface area contributed by atoms with Crippen LogP contribution in [-0.4, -0.2) is 35.2 Å². The normalized spacial score (nSPS) is 12.5. The van der Waals surface area contributed by atoms with Gasteiger partial charge in [-0.15, -0.1) is 0 Å². The summed E-state index contributed by atoms with van der Waals surface area (Å²) in [6, 6.07) is 5.16. The lowest BCUT2D eigenvalue weighted by atomic mass is 10.0. The number of fused-ring (bicyclic) bond motifs is 1. The Balaban J connectivity index is 2.22. The quantitative estimate of drug-likeness (QED) is 0.505. The number of nitrogens with one attached hydrogen (secondary N) is 2. The van der Waals surface area contributed by atoms with Gasteiger partial charge in [0, 0.05) is 31.9 Å². The van der Waals surface area contributed by atoms with Gasteiger partial charge in [-0.1, -0.05) is 13.8 Å². The van der Waals surface area contributed by atoms with Crippen molar-refractivity contribution in [2.24, 2.45) is 5.92 Å². The van der Waals surface area contributed by atoms with E-state index >= 15 is 0 Å². The van der Waals surface area contributed by atoms with Gasteiger partial charge in [0.05, 0.1) is 10.9 Å². The third-order valence-electron chi connectivity index (χ3n) is 4.53. The van der Waals surface area contributed by atoms with Gasteiger partial charge in [-0.3, -0.25) is 14.2 Å². The summed E-state index contributed by atoms with van der Waals surface area (Å²) in [5, 5.41) is 3.53. The van der Waals surface area contributed by atoms with Crippen LogP contribution in [0.3, 0.4) is 0 Å². The standard InChI is InChI=1S/C20H29N3O3S/c1-13(2)6-7-14(3)21-18(24)15-8-9-16-17(12-15)22-20(27)23(19(16)25)10-5-11-26-4/h8-9,12-14H,5-7,10-11H2,1-4H3,(H,21,24)(H,22,27). The molecule has 2 rings (SSSR count). The molecule has 1 amide bonds. The average Bonchev–Trinajstić information content (AvgIpc) is 2.62. The van der Waals surface area contributed by atoms with E-state index in [1.54, 1.807) is 25.3 Å². The maximum absolute atomic E-state index is 12.7. The van der Waals surface area contributed by atoms with Gasteiger partial charge in [-0.25, -0.2) is 0 Å². The Hall–Kier alpha value is -1.99. The van der Waals surface area contributed by atoms with Crippen LogP contribution in [0.5, 0.6) is 0 Å². The number of aromatic nitrogens is 2. The Kier molecular flexibility index (Phi) is 7.74. The van der Waals surface area contributed by atoms with Gasteiger partial charge in [0.2, 0.25) is 0 Å². The van der Waals surface area contributed by atoms with E-state index in [4.69, 9.17) is 17.0 Å². The van der Waals surface area contributed by atoms with E-state index in [0.717, 1.165) is 12.8 Å². The number of H-pyrrole nitrogens is 1. The molecule has 0 aliphatic heterocycles. The highest BCUT2D eigenvalue weighted by molar-refractivity contribution is 7.71. The molecule has 0 bridgehead atoms. The third-order valence-corrected chi connectivity index (χ3v) is 4.85. The minimum Gasteiger partial charge on any atom is -0.385 e. The van der Waals surface area contributed by atoms with Crippen LogP contribution in [0.1, 0.15) is 50.4 Å². The Morgan fingerprint density at radius 2 is 2.04 bits per heavy atom. The van der Waals surface area contributed by atoms with Gasteiger partial charge in [0.25, 0.3) is 11.5 Å². The highest BCUT2D eigenvalue weighted by Gasteiger charge is 2.13. The first-order chi connectivity index (χ1) is 12.8. The van der Waals surface area contributed by atoms with Crippen LogP contribution in [0.4, 0.5) is 0 Å². The van der Waals surface area contributed by atoms with E-state index in [0.29, 0.717) is 46.7 Å². The van der Waals surface area contributed by atoms with E-state index < -0.39 is 0 Å². The lowest BCUT2D eigenvalue weighted by Gasteiger charge is -2.15. The maximum Gasteiger partial charge on any atom is 0.262 e. The number of aromatic amines is 1. The molecule has 0 saturated carbocycles. The smallest absolute Gasteiger partial charge is 0.262 e. The van der Waals surface area contributed by atoms with E-state index in [2.05, 4.69) is 24.1 Å². The minimum absolute atomic E-state index is 0.0999. The van der Waals surface area contributed by atoms with Crippen LogP contribution in [0.25, 0.3) is 10.9 Å². The van der Waals surface area contributed by atoms with Gasteiger partial charge >= 0.3 is 0 Å². The number of benzene rings is 1. The van der Waals surface area contributed by atoms with Crippen molar-refractivity contribution in [3.8, 4) is 0 Å². The fourth-order valence-corrected chi connectivity index (χ4v) is 3.21. The molecule has 6 nitrogen and oxygen atoms in total. The Morgan fingerprint density at radius 1 is 1.30 bits per heavy atom. The third kappa shape index (κ3) is 5.74. The molecule has 0 aliphatic rings. The van der Waals surface area contributed by atoms with Crippen LogP contribution in [-0.2, 0) is 11.3 Å². The second kappa shape index (κ2) is 9.80. The molecule has 0 saturated heterocycles. The molecule has 0 aliphatic carbocycles. The number of amides is 1. The predicted molar refractivity (Wildman–Crippen MR) is 111 cm³/mol. The molecule has 1 unspecified atom stereocenters. The van der Waals surface area contributed by atoms with E-state index in [-0.39, 0.29) is 17.5 Å². The summed E-state index contributed by atoms with van der Waals surface area (Å²) in [5.74, 6) is 0.466. The van der Waals surface area contributed by atoms with E-state index in [1.165, 1.54) is 4.57 Å². The Bertz CT molecular complexity index is 901. The van der Waals surface area contributed by atoms with E-state index in [9.17, 15) is 9.59 Å². The van der Waals surface area contributed by atoms with Crippen molar-refractivity contribution in [1.82, 2.24) is 14.9 Å². The highest BCUT2D eigenvalue weighted by atomic mass is 32.1. The number of hydrogen-bond acceptors (Lipinski definition) is 4. The maximum atomic E-state index is 12.7. The SMILES string of the molecule is COCCCn1c(=S)[nH]c2cc(C(=O)NC(C)CCC(C)C)ccc2c1=O. The zero-order chi connectivity index (χ0) is 20.0. The molecule has 7 heteroatoms. The average molecular weight is 392 g/mol. The topological polar surface area (TPSA) is 76.1 Å². The Labute approximate surface area is 164 Å².